The first-order chi connectivity index (χ1) is 15.9. The second-order valence-corrected chi connectivity index (χ2v) is 10.6. The number of nitrogens with zero attached hydrogens (tertiary/aromatic N) is 1. The number of halogens is 2. The number of likely N-dealkylation sites (tertiary alicyclic amines) is 1. The Labute approximate surface area is 207 Å². The van der Waals surface area contributed by atoms with Crippen LogP contribution in [0, 0.1) is 5.41 Å². The third-order valence-electron chi connectivity index (χ3n) is 7.20. The number of carbonyl (C=O) groups is 1. The lowest BCUT2D eigenvalue weighted by Gasteiger charge is -2.49. The monoisotopic (exact) mass is 485 g/mol. The van der Waals surface area contributed by atoms with Crippen LogP contribution in [0.3, 0.4) is 0 Å². The van der Waals surface area contributed by atoms with Crippen molar-refractivity contribution in [3.05, 3.63) is 82.4 Å². The average Bonchev–Trinajstić information content (AvgIpc) is 3.31. The second kappa shape index (κ2) is 10.6. The van der Waals surface area contributed by atoms with E-state index in [2.05, 4.69) is 36.6 Å². The van der Waals surface area contributed by atoms with Gasteiger partial charge in [0.2, 0.25) is 5.91 Å². The summed E-state index contributed by atoms with van der Waals surface area (Å²) in [5.74, 6) is 0.322. The smallest absolute Gasteiger partial charge is 0.229 e. The van der Waals surface area contributed by atoms with Crippen LogP contribution in [0.15, 0.2) is 61.2 Å². The van der Waals surface area contributed by atoms with Gasteiger partial charge in [0.25, 0.3) is 0 Å². The first-order valence-corrected chi connectivity index (χ1v) is 12.7. The molecule has 2 fully saturated rings. The molecule has 3 nitrogen and oxygen atoms in total. The summed E-state index contributed by atoms with van der Waals surface area (Å²) in [6.45, 7) is 7.59. The Kier molecular flexibility index (Phi) is 7.83. The Balaban J connectivity index is 1.72. The number of ether oxygens (including phenoxy) is 1. The third-order valence-corrected chi connectivity index (χ3v) is 7.68. The molecule has 0 N–H and O–H groups in total. The fourth-order valence-electron chi connectivity index (χ4n) is 5.58. The summed E-state index contributed by atoms with van der Waals surface area (Å²) in [4.78, 5) is 16.1. The molecule has 33 heavy (non-hydrogen) atoms. The summed E-state index contributed by atoms with van der Waals surface area (Å²) in [6.07, 6.45) is 7.75. The van der Waals surface area contributed by atoms with Crippen LogP contribution in [0.1, 0.15) is 68.5 Å². The van der Waals surface area contributed by atoms with Crippen molar-refractivity contribution < 1.29 is 9.53 Å². The Morgan fingerprint density at radius 1 is 1.15 bits per heavy atom. The quantitative estimate of drug-likeness (QED) is 0.360. The number of amides is 1. The molecular weight excluding hydrogens is 453 g/mol. The standard InChI is InChI=1S/C28H33Cl2NO2/c1-3-15-28(2)19-25(21-7-4-8-23(30)18-21)26(20-11-13-22(29)14-12-20)31(27(28)32)16-5-9-24-10-6-17-33-24/h3-4,7-8,11-14,18,24-26H,1,5-6,9-10,15-17,19H2,2H3/t24-,25+,26+,28-/m0/s1. The van der Waals surface area contributed by atoms with E-state index < -0.39 is 5.41 Å². The fraction of sp³-hybridized carbons (Fsp3) is 0.464. The number of hydrogen-bond acceptors (Lipinski definition) is 2. The Bertz CT molecular complexity index is 970. The van der Waals surface area contributed by atoms with Gasteiger partial charge in [-0.15, -0.1) is 6.58 Å². The van der Waals surface area contributed by atoms with Crippen LogP contribution in [-0.4, -0.2) is 30.1 Å². The maximum atomic E-state index is 14.0. The summed E-state index contributed by atoms with van der Waals surface area (Å²) in [7, 11) is 0. The first-order valence-electron chi connectivity index (χ1n) is 12.0. The molecule has 2 saturated heterocycles. The Hall–Kier alpha value is -1.81. The molecule has 2 aliphatic heterocycles. The van der Waals surface area contributed by atoms with Crippen molar-refractivity contribution in [2.45, 2.75) is 63.5 Å². The molecule has 2 aromatic rings. The predicted octanol–water partition coefficient (Wildman–Crippen LogP) is 7.59. The van der Waals surface area contributed by atoms with Gasteiger partial charge in [0.05, 0.1) is 17.6 Å². The summed E-state index contributed by atoms with van der Waals surface area (Å²) in [6, 6.07) is 15.9. The molecule has 0 saturated carbocycles. The number of benzene rings is 2. The largest absolute Gasteiger partial charge is 0.378 e. The van der Waals surface area contributed by atoms with Crippen LogP contribution in [0.25, 0.3) is 0 Å². The number of allylic oxidation sites excluding steroid dienone is 1. The molecule has 176 valence electrons. The summed E-state index contributed by atoms with van der Waals surface area (Å²) in [5, 5.41) is 1.41. The lowest BCUT2D eigenvalue weighted by Crippen LogP contribution is -2.52. The van der Waals surface area contributed by atoms with Gasteiger partial charge in [0, 0.05) is 29.1 Å². The van der Waals surface area contributed by atoms with Crippen molar-refractivity contribution in [1.82, 2.24) is 4.90 Å². The molecule has 0 unspecified atom stereocenters. The summed E-state index contributed by atoms with van der Waals surface area (Å²) in [5.41, 5.74) is 1.77. The van der Waals surface area contributed by atoms with Gasteiger partial charge in [0.15, 0.2) is 0 Å². The van der Waals surface area contributed by atoms with E-state index in [0.29, 0.717) is 24.1 Å². The molecule has 0 aromatic heterocycles. The minimum absolute atomic E-state index is 0.0735. The van der Waals surface area contributed by atoms with Gasteiger partial charge in [-0.2, -0.15) is 0 Å². The second-order valence-electron chi connectivity index (χ2n) is 9.69. The van der Waals surface area contributed by atoms with E-state index in [1.165, 1.54) is 0 Å². The van der Waals surface area contributed by atoms with Gasteiger partial charge >= 0.3 is 0 Å². The molecule has 4 atom stereocenters. The maximum absolute atomic E-state index is 14.0. The average molecular weight is 486 g/mol. The third kappa shape index (κ3) is 5.48. The molecule has 2 aliphatic rings. The lowest BCUT2D eigenvalue weighted by atomic mass is 9.67. The predicted molar refractivity (Wildman–Crippen MR) is 136 cm³/mol. The highest BCUT2D eigenvalue weighted by Crippen LogP contribution is 2.51. The van der Waals surface area contributed by atoms with Crippen LogP contribution < -0.4 is 0 Å². The summed E-state index contributed by atoms with van der Waals surface area (Å²) >= 11 is 12.6. The van der Waals surface area contributed by atoms with E-state index in [9.17, 15) is 4.79 Å². The van der Waals surface area contributed by atoms with E-state index in [0.717, 1.165) is 54.9 Å². The van der Waals surface area contributed by atoms with Gasteiger partial charge in [-0.3, -0.25) is 4.79 Å². The van der Waals surface area contributed by atoms with Crippen LogP contribution in [0.4, 0.5) is 0 Å². The number of carbonyl (C=O) groups excluding carboxylic acids is 1. The molecule has 4 rings (SSSR count). The Morgan fingerprint density at radius 3 is 2.61 bits per heavy atom. The molecule has 0 radical (unpaired) electrons. The van der Waals surface area contributed by atoms with E-state index >= 15 is 0 Å². The fourth-order valence-corrected chi connectivity index (χ4v) is 5.90. The van der Waals surface area contributed by atoms with E-state index in [1.807, 2.05) is 36.4 Å². The minimum Gasteiger partial charge on any atom is -0.378 e. The van der Waals surface area contributed by atoms with Gasteiger partial charge in [-0.05, 0) is 73.9 Å². The van der Waals surface area contributed by atoms with Crippen LogP contribution >= 0.6 is 23.2 Å². The molecular formula is C28H33Cl2NO2. The van der Waals surface area contributed by atoms with Crippen LogP contribution in [-0.2, 0) is 9.53 Å². The SMILES string of the molecule is C=CC[C@@]1(C)C[C@H](c2cccc(Cl)c2)[C@@H](c2ccc(Cl)cc2)N(CCC[C@H]2CCCO2)C1=O. The van der Waals surface area contributed by atoms with Gasteiger partial charge in [0.1, 0.15) is 0 Å². The van der Waals surface area contributed by atoms with Crippen molar-refractivity contribution in [2.24, 2.45) is 5.41 Å². The molecule has 0 bridgehead atoms. The highest BCUT2D eigenvalue weighted by atomic mass is 35.5. The van der Waals surface area contributed by atoms with Crippen molar-refractivity contribution in [3.8, 4) is 0 Å². The topological polar surface area (TPSA) is 29.5 Å². The molecule has 2 aromatic carbocycles. The molecule has 0 aliphatic carbocycles. The Morgan fingerprint density at radius 2 is 1.94 bits per heavy atom. The van der Waals surface area contributed by atoms with E-state index in [4.69, 9.17) is 27.9 Å². The highest BCUT2D eigenvalue weighted by molar-refractivity contribution is 6.30. The summed E-state index contributed by atoms with van der Waals surface area (Å²) < 4.78 is 5.83. The normalized spacial score (nSPS) is 27.7. The minimum atomic E-state index is -0.498. The number of hydrogen-bond donors (Lipinski definition) is 0. The van der Waals surface area contributed by atoms with Gasteiger partial charge in [-0.1, -0.05) is 60.5 Å². The highest BCUT2D eigenvalue weighted by Gasteiger charge is 2.48. The van der Waals surface area contributed by atoms with Crippen LogP contribution in [0.2, 0.25) is 10.0 Å². The van der Waals surface area contributed by atoms with Crippen molar-refractivity contribution in [3.63, 3.8) is 0 Å². The van der Waals surface area contributed by atoms with E-state index in [-0.39, 0.29) is 17.9 Å². The van der Waals surface area contributed by atoms with Crippen molar-refractivity contribution in [2.75, 3.05) is 13.2 Å². The number of rotatable bonds is 8. The van der Waals surface area contributed by atoms with Crippen molar-refractivity contribution >= 4 is 29.1 Å². The molecule has 5 heteroatoms. The van der Waals surface area contributed by atoms with Gasteiger partial charge in [-0.25, -0.2) is 0 Å². The zero-order valence-corrected chi connectivity index (χ0v) is 20.8. The lowest BCUT2D eigenvalue weighted by molar-refractivity contribution is -0.151. The van der Waals surface area contributed by atoms with Gasteiger partial charge < -0.3 is 9.64 Å². The first kappa shape index (κ1) is 24.3. The zero-order valence-electron chi connectivity index (χ0n) is 19.3. The van der Waals surface area contributed by atoms with Crippen molar-refractivity contribution in [1.29, 1.82) is 0 Å². The van der Waals surface area contributed by atoms with E-state index in [1.54, 1.807) is 0 Å². The molecule has 0 spiro atoms. The molecule has 2 heterocycles. The number of piperidine rings is 1. The maximum Gasteiger partial charge on any atom is 0.229 e. The molecule has 1 amide bonds. The zero-order chi connectivity index (χ0) is 23.4. The van der Waals surface area contributed by atoms with Crippen LogP contribution in [0.5, 0.6) is 0 Å².